The van der Waals surface area contributed by atoms with Gasteiger partial charge in [0.25, 0.3) is 5.92 Å². The zero-order chi connectivity index (χ0) is 17.3. The molecule has 2 aromatic heterocycles. The van der Waals surface area contributed by atoms with Gasteiger partial charge >= 0.3 is 0 Å². The lowest BCUT2D eigenvalue weighted by Crippen LogP contribution is -2.56. The lowest BCUT2D eigenvalue weighted by molar-refractivity contribution is -0.158. The number of hydrogen-bond donors (Lipinski definition) is 0. The van der Waals surface area contributed by atoms with E-state index in [1.165, 1.54) is 0 Å². The molecule has 0 aliphatic carbocycles. The number of nitrogens with zero attached hydrogens (tertiary/aromatic N) is 4. The quantitative estimate of drug-likeness (QED) is 0.856. The van der Waals surface area contributed by atoms with Crippen molar-refractivity contribution in [1.82, 2.24) is 14.9 Å². The Balaban J connectivity index is 1.52. The van der Waals surface area contributed by atoms with Gasteiger partial charge in [-0.05, 0) is 36.2 Å². The molecule has 132 valence electrons. The van der Waals surface area contributed by atoms with Crippen LogP contribution in [0.2, 0.25) is 0 Å². The van der Waals surface area contributed by atoms with Crippen LogP contribution in [0.1, 0.15) is 18.4 Å². The second kappa shape index (κ2) is 6.33. The topological polar surface area (TPSA) is 32.3 Å². The summed E-state index contributed by atoms with van der Waals surface area (Å²) in [5.41, 5.74) is 0.130. The molecule has 2 aliphatic heterocycles. The molecule has 6 heteroatoms. The maximum Gasteiger partial charge on any atom is 0.257 e. The molecule has 25 heavy (non-hydrogen) atoms. The number of piperidine rings is 1. The summed E-state index contributed by atoms with van der Waals surface area (Å²) in [5, 5.41) is 0. The van der Waals surface area contributed by atoms with Crippen LogP contribution in [0, 0.1) is 5.41 Å². The second-order valence-electron chi connectivity index (χ2n) is 7.16. The lowest BCUT2D eigenvalue weighted by Gasteiger charge is -2.46. The zero-order valence-corrected chi connectivity index (χ0v) is 14.1. The van der Waals surface area contributed by atoms with Crippen LogP contribution in [0.4, 0.5) is 14.6 Å². The van der Waals surface area contributed by atoms with Crippen LogP contribution in [0.15, 0.2) is 48.9 Å². The molecule has 4 heterocycles. The highest BCUT2D eigenvalue weighted by Crippen LogP contribution is 2.50. The SMILES string of the molecule is FC1(F)CCN(Cc2ccncc2)C[C@]12CCN(c1ccccn1)C2. The molecule has 2 saturated heterocycles. The van der Waals surface area contributed by atoms with Crippen LogP contribution in [-0.4, -0.2) is 47.0 Å². The normalized spacial score (nSPS) is 26.2. The van der Waals surface area contributed by atoms with Gasteiger partial charge < -0.3 is 4.90 Å². The molecular formula is C19H22F2N4. The second-order valence-corrected chi connectivity index (χ2v) is 7.16. The van der Waals surface area contributed by atoms with Crippen LogP contribution in [0.3, 0.4) is 0 Å². The van der Waals surface area contributed by atoms with Crippen molar-refractivity contribution in [2.75, 3.05) is 31.1 Å². The molecule has 1 spiro atoms. The van der Waals surface area contributed by atoms with Crippen molar-refractivity contribution in [3.8, 4) is 0 Å². The summed E-state index contributed by atoms with van der Waals surface area (Å²) in [6, 6.07) is 9.56. The molecule has 0 amide bonds. The molecule has 4 nitrogen and oxygen atoms in total. The van der Waals surface area contributed by atoms with Gasteiger partial charge in [0.1, 0.15) is 5.82 Å². The van der Waals surface area contributed by atoms with E-state index in [1.807, 2.05) is 35.2 Å². The van der Waals surface area contributed by atoms with Gasteiger partial charge in [-0.1, -0.05) is 6.07 Å². The average molecular weight is 344 g/mol. The lowest BCUT2D eigenvalue weighted by atomic mass is 9.75. The fourth-order valence-electron chi connectivity index (χ4n) is 4.10. The van der Waals surface area contributed by atoms with Crippen molar-refractivity contribution in [2.24, 2.45) is 5.41 Å². The maximum atomic E-state index is 14.9. The minimum atomic E-state index is -2.63. The zero-order valence-electron chi connectivity index (χ0n) is 14.1. The molecule has 0 N–H and O–H groups in total. The number of pyridine rings is 2. The summed E-state index contributed by atoms with van der Waals surface area (Å²) in [4.78, 5) is 12.5. The van der Waals surface area contributed by atoms with Gasteiger partial charge in [-0.2, -0.15) is 0 Å². The highest BCUT2D eigenvalue weighted by molar-refractivity contribution is 5.40. The number of rotatable bonds is 3. The molecule has 0 radical (unpaired) electrons. The third-order valence-corrected chi connectivity index (χ3v) is 5.53. The van der Waals surface area contributed by atoms with E-state index in [-0.39, 0.29) is 6.42 Å². The van der Waals surface area contributed by atoms with Crippen molar-refractivity contribution in [1.29, 1.82) is 0 Å². The number of anilines is 1. The smallest absolute Gasteiger partial charge is 0.257 e. The molecule has 4 rings (SSSR count). The van der Waals surface area contributed by atoms with Gasteiger partial charge in [-0.15, -0.1) is 0 Å². The summed E-state index contributed by atoms with van der Waals surface area (Å²) in [7, 11) is 0. The van der Waals surface area contributed by atoms with Crippen molar-refractivity contribution >= 4 is 5.82 Å². The van der Waals surface area contributed by atoms with Crippen LogP contribution < -0.4 is 4.90 Å². The van der Waals surface area contributed by atoms with Gasteiger partial charge in [0.2, 0.25) is 0 Å². The van der Waals surface area contributed by atoms with Crippen molar-refractivity contribution in [2.45, 2.75) is 25.3 Å². The summed E-state index contributed by atoms with van der Waals surface area (Å²) in [6.07, 6.45) is 5.65. The van der Waals surface area contributed by atoms with E-state index in [2.05, 4.69) is 14.9 Å². The van der Waals surface area contributed by atoms with Gasteiger partial charge in [0, 0.05) is 57.7 Å². The van der Waals surface area contributed by atoms with Gasteiger partial charge in [-0.25, -0.2) is 13.8 Å². The number of hydrogen-bond acceptors (Lipinski definition) is 4. The first-order valence-corrected chi connectivity index (χ1v) is 8.73. The highest BCUT2D eigenvalue weighted by Gasteiger charge is 2.59. The molecule has 0 aromatic carbocycles. The first-order chi connectivity index (χ1) is 12.1. The molecule has 1 atom stereocenters. The molecule has 2 aromatic rings. The monoisotopic (exact) mass is 344 g/mol. The van der Waals surface area contributed by atoms with Gasteiger partial charge in [-0.3, -0.25) is 9.88 Å². The molecule has 2 fully saturated rings. The Morgan fingerprint density at radius 3 is 2.56 bits per heavy atom. The predicted octanol–water partition coefficient (Wildman–Crippen LogP) is 3.21. The summed E-state index contributed by atoms with van der Waals surface area (Å²) in [6.45, 7) is 2.55. The summed E-state index contributed by atoms with van der Waals surface area (Å²) < 4.78 is 29.8. The molecule has 0 bridgehead atoms. The molecule has 0 unspecified atom stereocenters. The fraction of sp³-hybridized carbons (Fsp3) is 0.474. The Labute approximate surface area is 146 Å². The highest BCUT2D eigenvalue weighted by atomic mass is 19.3. The number of alkyl halides is 2. The van der Waals surface area contributed by atoms with Crippen molar-refractivity contribution < 1.29 is 8.78 Å². The standard InChI is InChI=1S/C19H22F2N4/c20-19(21)7-11-24(13-16-4-9-22-10-5-16)14-18(19)6-12-25(15-18)17-3-1-2-8-23-17/h1-5,8-10H,6-7,11-15H2/t18-/m0/s1. The van der Waals surface area contributed by atoms with Crippen LogP contribution in [-0.2, 0) is 6.54 Å². The van der Waals surface area contributed by atoms with E-state index >= 15 is 0 Å². The predicted molar refractivity (Wildman–Crippen MR) is 92.6 cm³/mol. The number of likely N-dealkylation sites (tertiary alicyclic amines) is 1. The van der Waals surface area contributed by atoms with E-state index in [1.54, 1.807) is 18.6 Å². The Hall–Kier alpha value is -2.08. The van der Waals surface area contributed by atoms with E-state index in [9.17, 15) is 8.78 Å². The molecule has 0 saturated carbocycles. The first-order valence-electron chi connectivity index (χ1n) is 8.73. The van der Waals surface area contributed by atoms with Crippen LogP contribution in [0.25, 0.3) is 0 Å². The third-order valence-electron chi connectivity index (χ3n) is 5.53. The Morgan fingerprint density at radius 2 is 1.80 bits per heavy atom. The Morgan fingerprint density at radius 1 is 0.960 bits per heavy atom. The minimum Gasteiger partial charge on any atom is -0.356 e. The molecule has 2 aliphatic rings. The van der Waals surface area contributed by atoms with E-state index in [0.717, 1.165) is 11.4 Å². The maximum absolute atomic E-state index is 14.9. The summed E-state index contributed by atoms with van der Waals surface area (Å²) in [5.74, 6) is -1.84. The minimum absolute atomic E-state index is 0.0753. The van der Waals surface area contributed by atoms with Crippen LogP contribution in [0.5, 0.6) is 0 Å². The van der Waals surface area contributed by atoms with Gasteiger partial charge in [0.15, 0.2) is 0 Å². The van der Waals surface area contributed by atoms with Gasteiger partial charge in [0.05, 0.1) is 5.41 Å². The van der Waals surface area contributed by atoms with E-state index < -0.39 is 11.3 Å². The van der Waals surface area contributed by atoms with Crippen molar-refractivity contribution in [3.05, 3.63) is 54.5 Å². The third kappa shape index (κ3) is 3.11. The Kier molecular flexibility index (Phi) is 4.15. The van der Waals surface area contributed by atoms with E-state index in [4.69, 9.17) is 0 Å². The number of aromatic nitrogens is 2. The van der Waals surface area contributed by atoms with E-state index in [0.29, 0.717) is 39.1 Å². The average Bonchev–Trinajstić information content (AvgIpc) is 3.06. The van der Waals surface area contributed by atoms with Crippen LogP contribution >= 0.6 is 0 Å². The summed E-state index contributed by atoms with van der Waals surface area (Å²) >= 11 is 0. The first kappa shape index (κ1) is 16.4. The molecular weight excluding hydrogens is 322 g/mol. The fourth-order valence-corrected chi connectivity index (χ4v) is 4.10. The number of halogens is 2. The Bertz CT molecular complexity index is 710. The largest absolute Gasteiger partial charge is 0.356 e. The van der Waals surface area contributed by atoms with Crippen molar-refractivity contribution in [3.63, 3.8) is 0 Å².